The number of nitrogens with one attached hydrogen (secondary N) is 1. The number of nitrogens with zero attached hydrogens (tertiary/aromatic N) is 2. The number of oxazole rings is 1. The maximum atomic E-state index is 13.5. The van der Waals surface area contributed by atoms with Crippen LogP contribution in [0, 0.1) is 17.8 Å². The normalized spacial score (nSPS) is 12.0. The molecule has 1 aromatic heterocycles. The van der Waals surface area contributed by atoms with E-state index < -0.39 is 17.4 Å². The molecule has 0 aliphatic carbocycles. The molecule has 0 saturated heterocycles. The number of amides is 2. The number of anilines is 1. The summed E-state index contributed by atoms with van der Waals surface area (Å²) in [7, 11) is 3.11. The molecule has 0 saturated carbocycles. The number of methoxy groups -OCH3 is 2. The van der Waals surface area contributed by atoms with Crippen LogP contribution in [0.3, 0.4) is 0 Å². The number of hydrogen-bond acceptors (Lipinski definition) is 6. The van der Waals surface area contributed by atoms with Gasteiger partial charge in [0.05, 0.1) is 14.2 Å². The third kappa shape index (κ3) is 5.09. The number of benzene rings is 2. The lowest BCUT2D eigenvalue weighted by Crippen LogP contribution is -2.55. The van der Waals surface area contributed by atoms with Gasteiger partial charge < -0.3 is 19.2 Å². The number of ether oxygens (including phenoxy) is 2. The predicted molar refractivity (Wildman–Crippen MR) is 125 cm³/mol. The molecule has 3 aromatic rings. The third-order valence-corrected chi connectivity index (χ3v) is 5.21. The Hall–Kier alpha value is -3.99. The van der Waals surface area contributed by atoms with Crippen LogP contribution in [0.15, 0.2) is 47.2 Å². The molecule has 1 N–H and O–H groups in total. The molecule has 0 fully saturated rings. The number of carbonyl (C=O) groups excluding carboxylic acids is 2. The highest BCUT2D eigenvalue weighted by Gasteiger charge is 2.39. The first-order valence-electron chi connectivity index (χ1n) is 10.3. The van der Waals surface area contributed by atoms with Gasteiger partial charge in [-0.25, -0.2) is 4.98 Å². The molecule has 0 bridgehead atoms. The molecular weight excluding hydrogens is 422 g/mol. The first kappa shape index (κ1) is 23.7. The van der Waals surface area contributed by atoms with E-state index in [1.807, 2.05) is 26.8 Å². The minimum atomic E-state index is -0.898. The molecule has 33 heavy (non-hydrogen) atoms. The van der Waals surface area contributed by atoms with E-state index in [4.69, 9.17) is 20.3 Å². The zero-order valence-electron chi connectivity index (χ0n) is 19.3. The summed E-state index contributed by atoms with van der Waals surface area (Å²) >= 11 is 0. The second-order valence-corrected chi connectivity index (χ2v) is 8.49. The summed E-state index contributed by atoms with van der Waals surface area (Å²) in [5, 5.41) is 2.92. The molecule has 1 heterocycles. The van der Waals surface area contributed by atoms with Crippen molar-refractivity contribution in [3.8, 4) is 23.8 Å². The lowest BCUT2D eigenvalue weighted by Gasteiger charge is -2.38. The van der Waals surface area contributed by atoms with Gasteiger partial charge in [0.1, 0.15) is 23.1 Å². The SMILES string of the molecule is C#CC(=O)N(c1ccc2ncoc2c1)C(C(=O)NCc1ccc(OC)cc1OC)C(C)(C)C. The van der Waals surface area contributed by atoms with Gasteiger partial charge in [-0.2, -0.15) is 0 Å². The molecule has 0 aliphatic rings. The number of fused-ring (bicyclic) bond motifs is 1. The quantitative estimate of drug-likeness (QED) is 0.555. The topological polar surface area (TPSA) is 93.9 Å². The zero-order chi connectivity index (χ0) is 24.2. The second-order valence-electron chi connectivity index (χ2n) is 8.49. The first-order chi connectivity index (χ1) is 15.7. The van der Waals surface area contributed by atoms with Crippen molar-refractivity contribution in [2.75, 3.05) is 19.1 Å². The Bertz CT molecular complexity index is 1200. The van der Waals surface area contributed by atoms with Crippen molar-refractivity contribution in [3.63, 3.8) is 0 Å². The van der Waals surface area contributed by atoms with Crippen LogP contribution >= 0.6 is 0 Å². The van der Waals surface area contributed by atoms with Gasteiger partial charge >= 0.3 is 5.91 Å². The van der Waals surface area contributed by atoms with Gasteiger partial charge in [-0.1, -0.05) is 20.8 Å². The van der Waals surface area contributed by atoms with Crippen molar-refractivity contribution in [1.82, 2.24) is 10.3 Å². The van der Waals surface area contributed by atoms with Crippen LogP contribution in [0.2, 0.25) is 0 Å². The molecule has 1 atom stereocenters. The fourth-order valence-electron chi connectivity index (χ4n) is 3.62. The zero-order valence-corrected chi connectivity index (χ0v) is 19.3. The van der Waals surface area contributed by atoms with Gasteiger partial charge in [-0.05, 0) is 35.6 Å². The summed E-state index contributed by atoms with van der Waals surface area (Å²) in [6.45, 7) is 5.80. The number of aromatic nitrogens is 1. The molecule has 1 unspecified atom stereocenters. The minimum Gasteiger partial charge on any atom is -0.497 e. The van der Waals surface area contributed by atoms with E-state index in [2.05, 4.69) is 16.2 Å². The van der Waals surface area contributed by atoms with E-state index in [0.717, 1.165) is 5.56 Å². The molecule has 2 aromatic carbocycles. The van der Waals surface area contributed by atoms with E-state index in [1.165, 1.54) is 11.3 Å². The van der Waals surface area contributed by atoms with Crippen LogP contribution in [0.4, 0.5) is 5.69 Å². The van der Waals surface area contributed by atoms with Crippen molar-refractivity contribution in [2.24, 2.45) is 5.41 Å². The summed E-state index contributed by atoms with van der Waals surface area (Å²) in [5.74, 6) is 2.37. The third-order valence-electron chi connectivity index (χ3n) is 5.21. The highest BCUT2D eigenvalue weighted by atomic mass is 16.5. The molecule has 3 rings (SSSR count). The highest BCUT2D eigenvalue weighted by Crippen LogP contribution is 2.32. The van der Waals surface area contributed by atoms with E-state index in [9.17, 15) is 9.59 Å². The molecule has 8 nitrogen and oxygen atoms in total. The maximum absolute atomic E-state index is 13.5. The average molecular weight is 450 g/mol. The smallest absolute Gasteiger partial charge is 0.303 e. The summed E-state index contributed by atoms with van der Waals surface area (Å²) in [6.07, 6.45) is 6.79. The van der Waals surface area contributed by atoms with Crippen molar-refractivity contribution >= 4 is 28.6 Å². The van der Waals surface area contributed by atoms with Crippen LogP contribution in [0.5, 0.6) is 11.5 Å². The fraction of sp³-hybridized carbons (Fsp3) is 0.320. The van der Waals surface area contributed by atoms with Gasteiger partial charge in [-0.15, -0.1) is 6.42 Å². The number of carbonyl (C=O) groups is 2. The number of hydrogen-bond donors (Lipinski definition) is 1. The minimum absolute atomic E-state index is 0.192. The average Bonchev–Trinajstić information content (AvgIpc) is 3.27. The van der Waals surface area contributed by atoms with E-state index in [1.54, 1.807) is 44.6 Å². The van der Waals surface area contributed by atoms with Crippen molar-refractivity contribution < 1.29 is 23.5 Å². The Balaban J connectivity index is 1.94. The van der Waals surface area contributed by atoms with E-state index >= 15 is 0 Å². The molecule has 0 spiro atoms. The summed E-state index contributed by atoms with van der Waals surface area (Å²) < 4.78 is 16.0. The second kappa shape index (κ2) is 9.65. The Morgan fingerprint density at radius 3 is 2.58 bits per heavy atom. The Morgan fingerprint density at radius 2 is 1.94 bits per heavy atom. The van der Waals surface area contributed by atoms with Crippen LogP contribution < -0.4 is 19.7 Å². The van der Waals surface area contributed by atoms with Crippen molar-refractivity contribution in [3.05, 3.63) is 48.4 Å². The molecule has 0 aliphatic heterocycles. The largest absolute Gasteiger partial charge is 0.497 e. The van der Waals surface area contributed by atoms with Gasteiger partial charge in [0.15, 0.2) is 12.0 Å². The molecular formula is C25H27N3O5. The first-order valence-corrected chi connectivity index (χ1v) is 10.3. The van der Waals surface area contributed by atoms with Crippen LogP contribution in [-0.2, 0) is 16.1 Å². The van der Waals surface area contributed by atoms with Gasteiger partial charge in [-0.3, -0.25) is 14.5 Å². The van der Waals surface area contributed by atoms with Gasteiger partial charge in [0.2, 0.25) is 5.91 Å². The highest BCUT2D eigenvalue weighted by molar-refractivity contribution is 6.10. The lowest BCUT2D eigenvalue weighted by molar-refractivity contribution is -0.127. The summed E-state index contributed by atoms with van der Waals surface area (Å²) in [6, 6.07) is 9.49. The van der Waals surface area contributed by atoms with Gasteiger partial charge in [0, 0.05) is 29.9 Å². The standard InChI is InChI=1S/C25H27N3O5/c1-7-22(29)28(17-9-11-19-21(12-17)33-15-27-19)23(25(2,3)4)24(30)26-14-16-8-10-18(31-5)13-20(16)32-6/h1,8-13,15,23H,14H2,2-6H3,(H,26,30). The Kier molecular flexibility index (Phi) is 6.92. The number of rotatable bonds is 7. The Morgan fingerprint density at radius 1 is 1.18 bits per heavy atom. The van der Waals surface area contributed by atoms with Crippen LogP contribution in [-0.4, -0.2) is 37.1 Å². The summed E-state index contributed by atoms with van der Waals surface area (Å²) in [4.78, 5) is 31.7. The maximum Gasteiger partial charge on any atom is 0.303 e. The monoisotopic (exact) mass is 449 g/mol. The predicted octanol–water partition coefficient (Wildman–Crippen LogP) is 3.54. The van der Waals surface area contributed by atoms with Crippen molar-refractivity contribution in [1.29, 1.82) is 0 Å². The van der Waals surface area contributed by atoms with Gasteiger partial charge in [0.25, 0.3) is 0 Å². The molecule has 0 radical (unpaired) electrons. The fourth-order valence-corrected chi connectivity index (χ4v) is 3.62. The number of terminal acetylenes is 1. The van der Waals surface area contributed by atoms with Crippen LogP contribution in [0.1, 0.15) is 26.3 Å². The van der Waals surface area contributed by atoms with E-state index in [0.29, 0.717) is 28.3 Å². The van der Waals surface area contributed by atoms with E-state index in [-0.39, 0.29) is 12.5 Å². The Labute approximate surface area is 192 Å². The van der Waals surface area contributed by atoms with Crippen molar-refractivity contribution in [2.45, 2.75) is 33.4 Å². The molecule has 172 valence electrons. The molecule has 2 amide bonds. The summed E-state index contributed by atoms with van der Waals surface area (Å²) in [5.41, 5.74) is 1.68. The molecule has 8 heteroatoms. The lowest BCUT2D eigenvalue weighted by atomic mass is 9.84. The van der Waals surface area contributed by atoms with Crippen LogP contribution in [0.25, 0.3) is 11.1 Å².